The molecule has 0 saturated heterocycles. The first-order chi connectivity index (χ1) is 13.2. The minimum Gasteiger partial charge on any atom is -0.290 e. The minimum absolute atomic E-state index is 0.268. The Morgan fingerprint density at radius 1 is 0.714 bits per heavy atom. The summed E-state index contributed by atoms with van der Waals surface area (Å²) in [7, 11) is 0. The first kappa shape index (κ1) is 19.4. The van der Waals surface area contributed by atoms with Crippen LogP contribution in [0.15, 0.2) is 60.7 Å². The average molecular weight is 386 g/mol. The highest BCUT2D eigenvalue weighted by Gasteiger charge is 2.48. The summed E-state index contributed by atoms with van der Waals surface area (Å²) >= 11 is 0. The number of benzene rings is 2. The van der Waals surface area contributed by atoms with Crippen molar-refractivity contribution in [1.82, 2.24) is 0 Å². The van der Waals surface area contributed by atoms with Crippen molar-refractivity contribution in [2.24, 2.45) is 5.92 Å². The molecular weight excluding hydrogens is 373 g/mol. The van der Waals surface area contributed by atoms with Crippen LogP contribution >= 0.6 is 0 Å². The largest absolute Gasteiger partial charge is 0.416 e. The predicted molar refractivity (Wildman–Crippen MR) is 93.2 cm³/mol. The van der Waals surface area contributed by atoms with Crippen molar-refractivity contribution in [3.8, 4) is 0 Å². The van der Waals surface area contributed by atoms with E-state index in [1.165, 1.54) is 18.2 Å². The summed E-state index contributed by atoms with van der Waals surface area (Å²) in [6, 6.07) is 11.8. The zero-order valence-corrected chi connectivity index (χ0v) is 14.3. The molecule has 0 unspecified atom stereocenters. The van der Waals surface area contributed by atoms with E-state index < -0.39 is 46.7 Å². The van der Waals surface area contributed by atoms with Crippen molar-refractivity contribution in [3.05, 3.63) is 77.4 Å². The molecule has 142 valence electrons. The van der Waals surface area contributed by atoms with Gasteiger partial charge in [0, 0.05) is 0 Å². The maximum atomic E-state index is 12.6. The second kappa shape index (κ2) is 7.34. The maximum absolute atomic E-state index is 12.6. The summed E-state index contributed by atoms with van der Waals surface area (Å²) in [6.45, 7) is 0. The SMILES string of the molecule is O=C1C(=O)C(c2ccccc2)C(=O)C(=O)C1C=Cc1ccc(C(F)(F)F)cc1. The van der Waals surface area contributed by atoms with Crippen LogP contribution in [0.1, 0.15) is 22.6 Å². The number of carbonyl (C=O) groups excluding carboxylic acids is 4. The summed E-state index contributed by atoms with van der Waals surface area (Å²) in [5, 5.41) is 0. The number of hydrogen-bond acceptors (Lipinski definition) is 4. The van der Waals surface area contributed by atoms with Gasteiger partial charge in [-0.1, -0.05) is 54.6 Å². The zero-order chi connectivity index (χ0) is 20.5. The normalized spacial score (nSPS) is 20.8. The second-order valence-corrected chi connectivity index (χ2v) is 6.26. The van der Waals surface area contributed by atoms with Gasteiger partial charge in [0.05, 0.1) is 5.56 Å². The van der Waals surface area contributed by atoms with E-state index in [9.17, 15) is 32.3 Å². The molecule has 0 aromatic heterocycles. The summed E-state index contributed by atoms with van der Waals surface area (Å²) in [6.07, 6.45) is -2.17. The van der Waals surface area contributed by atoms with Crippen LogP contribution in [0.5, 0.6) is 0 Å². The van der Waals surface area contributed by atoms with Gasteiger partial charge in [-0.25, -0.2) is 0 Å². The lowest BCUT2D eigenvalue weighted by Gasteiger charge is -2.22. The van der Waals surface area contributed by atoms with E-state index in [0.29, 0.717) is 5.56 Å². The maximum Gasteiger partial charge on any atom is 0.416 e. The Balaban J connectivity index is 1.83. The van der Waals surface area contributed by atoms with Gasteiger partial charge in [0.25, 0.3) is 0 Å². The van der Waals surface area contributed by atoms with Gasteiger partial charge in [0.2, 0.25) is 23.1 Å². The molecule has 1 aliphatic carbocycles. The summed E-state index contributed by atoms with van der Waals surface area (Å²) in [5.74, 6) is -6.99. The molecular formula is C21H13F3O4. The molecule has 7 heteroatoms. The molecule has 3 rings (SSSR count). The topological polar surface area (TPSA) is 68.3 Å². The van der Waals surface area contributed by atoms with Crippen molar-refractivity contribution < 1.29 is 32.3 Å². The Bertz CT molecular complexity index is 945. The molecule has 0 aliphatic heterocycles. The van der Waals surface area contributed by atoms with Gasteiger partial charge in [-0.05, 0) is 23.3 Å². The van der Waals surface area contributed by atoms with E-state index in [0.717, 1.165) is 30.3 Å². The fourth-order valence-electron chi connectivity index (χ4n) is 2.94. The van der Waals surface area contributed by atoms with Crippen molar-refractivity contribution >= 4 is 29.2 Å². The molecule has 1 saturated carbocycles. The molecule has 0 amide bonds. The third-order valence-electron chi connectivity index (χ3n) is 4.43. The third kappa shape index (κ3) is 3.69. The number of halogens is 3. The number of alkyl halides is 3. The molecule has 1 fully saturated rings. The second-order valence-electron chi connectivity index (χ2n) is 6.26. The zero-order valence-electron chi connectivity index (χ0n) is 14.3. The summed E-state index contributed by atoms with van der Waals surface area (Å²) in [5.41, 5.74) is -0.284. The Morgan fingerprint density at radius 2 is 1.25 bits per heavy atom. The lowest BCUT2D eigenvalue weighted by molar-refractivity contribution is -0.151. The fraction of sp³-hybridized carbons (Fsp3) is 0.143. The van der Waals surface area contributed by atoms with Gasteiger partial charge in [-0.3, -0.25) is 19.2 Å². The smallest absolute Gasteiger partial charge is 0.290 e. The highest BCUT2D eigenvalue weighted by Crippen LogP contribution is 2.30. The van der Waals surface area contributed by atoms with Crippen molar-refractivity contribution in [3.63, 3.8) is 0 Å². The van der Waals surface area contributed by atoms with Crippen LogP contribution in [-0.2, 0) is 25.4 Å². The number of ketones is 4. The first-order valence-electron chi connectivity index (χ1n) is 8.26. The summed E-state index contributed by atoms with van der Waals surface area (Å²) in [4.78, 5) is 49.5. The van der Waals surface area contributed by atoms with E-state index >= 15 is 0 Å². The van der Waals surface area contributed by atoms with E-state index in [1.807, 2.05) is 0 Å². The molecule has 2 aromatic carbocycles. The Morgan fingerprint density at radius 3 is 1.75 bits per heavy atom. The van der Waals surface area contributed by atoms with Crippen LogP contribution in [0.2, 0.25) is 0 Å². The van der Waals surface area contributed by atoms with E-state index in [1.54, 1.807) is 18.2 Å². The minimum atomic E-state index is -4.48. The molecule has 4 nitrogen and oxygen atoms in total. The first-order valence-corrected chi connectivity index (χ1v) is 8.26. The van der Waals surface area contributed by atoms with Crippen LogP contribution in [0.4, 0.5) is 13.2 Å². The van der Waals surface area contributed by atoms with Crippen LogP contribution in [0.3, 0.4) is 0 Å². The molecule has 0 bridgehead atoms. The number of Topliss-reactive ketones (excluding diaryl/α,β-unsaturated/α-hetero) is 4. The van der Waals surface area contributed by atoms with Gasteiger partial charge in [0.15, 0.2) is 0 Å². The Hall–Kier alpha value is -3.35. The molecule has 0 spiro atoms. The van der Waals surface area contributed by atoms with Crippen LogP contribution < -0.4 is 0 Å². The molecule has 2 aromatic rings. The lowest BCUT2D eigenvalue weighted by atomic mass is 9.75. The van der Waals surface area contributed by atoms with Gasteiger partial charge in [-0.2, -0.15) is 13.2 Å². The van der Waals surface area contributed by atoms with Crippen molar-refractivity contribution in [1.29, 1.82) is 0 Å². The number of allylic oxidation sites excluding steroid dienone is 1. The molecule has 0 heterocycles. The molecule has 28 heavy (non-hydrogen) atoms. The van der Waals surface area contributed by atoms with Crippen LogP contribution in [0.25, 0.3) is 6.08 Å². The summed E-state index contributed by atoms with van der Waals surface area (Å²) < 4.78 is 37.7. The predicted octanol–water partition coefficient (Wildman–Crippen LogP) is 3.41. The molecule has 0 radical (unpaired) electrons. The molecule has 0 atom stereocenters. The van der Waals surface area contributed by atoms with E-state index in [4.69, 9.17) is 0 Å². The molecule has 0 N–H and O–H groups in total. The third-order valence-corrected chi connectivity index (χ3v) is 4.43. The van der Waals surface area contributed by atoms with Crippen molar-refractivity contribution in [2.45, 2.75) is 12.1 Å². The highest BCUT2D eigenvalue weighted by molar-refractivity contribution is 6.62. The van der Waals surface area contributed by atoms with Gasteiger partial charge < -0.3 is 0 Å². The van der Waals surface area contributed by atoms with Crippen molar-refractivity contribution in [2.75, 3.05) is 0 Å². The molecule has 1 aliphatic rings. The fourth-order valence-corrected chi connectivity index (χ4v) is 2.94. The lowest BCUT2D eigenvalue weighted by Crippen LogP contribution is -2.46. The number of carbonyl (C=O) groups is 4. The van der Waals surface area contributed by atoms with Gasteiger partial charge in [0.1, 0.15) is 11.8 Å². The standard InChI is InChI=1S/C21H13F3O4/c22-21(23,24)14-9-6-12(7-10-14)8-11-15-17(25)19(27)16(20(28)18(15)26)13-4-2-1-3-5-13/h1-11,15-16H. The Kier molecular flexibility index (Phi) is 5.09. The number of rotatable bonds is 3. The monoisotopic (exact) mass is 386 g/mol. The Labute approximate surface area is 157 Å². The number of hydrogen-bond donors (Lipinski definition) is 0. The van der Waals surface area contributed by atoms with E-state index in [-0.39, 0.29) is 5.56 Å². The van der Waals surface area contributed by atoms with Gasteiger partial charge >= 0.3 is 6.18 Å². The van der Waals surface area contributed by atoms with E-state index in [2.05, 4.69) is 0 Å². The average Bonchev–Trinajstić information content (AvgIpc) is 2.67. The van der Waals surface area contributed by atoms with Gasteiger partial charge in [-0.15, -0.1) is 0 Å². The van der Waals surface area contributed by atoms with Crippen LogP contribution in [-0.4, -0.2) is 23.1 Å². The highest BCUT2D eigenvalue weighted by atomic mass is 19.4. The quantitative estimate of drug-likeness (QED) is 0.599. The van der Waals surface area contributed by atoms with Crippen LogP contribution in [0, 0.1) is 5.92 Å².